The summed E-state index contributed by atoms with van der Waals surface area (Å²) < 4.78 is 1.95. The number of hydrogen-bond acceptors (Lipinski definition) is 5. The molecule has 0 saturated carbocycles. The molecule has 0 saturated heterocycles. The largest absolute Gasteiger partial charge is 0.368 e. The van der Waals surface area contributed by atoms with E-state index in [2.05, 4.69) is 32.4 Å². The number of anilines is 2. The molecule has 190 valence electrons. The van der Waals surface area contributed by atoms with Crippen LogP contribution in [0.1, 0.15) is 32.7 Å². The predicted octanol–water partition coefficient (Wildman–Crippen LogP) is 4.24. The van der Waals surface area contributed by atoms with Crippen molar-refractivity contribution in [2.45, 2.75) is 12.8 Å². The molecular formula is C28H22Cl2N6O2. The van der Waals surface area contributed by atoms with E-state index < -0.39 is 0 Å². The van der Waals surface area contributed by atoms with Crippen LogP contribution in [0.25, 0.3) is 11.4 Å². The van der Waals surface area contributed by atoms with E-state index in [0.717, 1.165) is 28.9 Å². The average Bonchev–Trinajstić information content (AvgIpc) is 3.23. The van der Waals surface area contributed by atoms with Crippen molar-refractivity contribution in [3.8, 4) is 23.2 Å². The van der Waals surface area contributed by atoms with Crippen molar-refractivity contribution in [2.75, 3.05) is 17.6 Å². The molecular weight excluding hydrogens is 523 g/mol. The van der Waals surface area contributed by atoms with Crippen molar-refractivity contribution < 1.29 is 9.59 Å². The van der Waals surface area contributed by atoms with E-state index in [0.29, 0.717) is 39.1 Å². The fourth-order valence-corrected chi connectivity index (χ4v) is 4.60. The molecule has 0 unspecified atom stereocenters. The molecule has 1 aliphatic rings. The molecule has 38 heavy (non-hydrogen) atoms. The van der Waals surface area contributed by atoms with Crippen molar-refractivity contribution >= 4 is 46.7 Å². The quantitative estimate of drug-likeness (QED) is 0.332. The second-order valence-corrected chi connectivity index (χ2v) is 9.56. The summed E-state index contributed by atoms with van der Waals surface area (Å²) in [5.41, 5.74) is 11.4. The molecule has 5 rings (SSSR count). The summed E-state index contributed by atoms with van der Waals surface area (Å²) in [5, 5.41) is 6.47. The Morgan fingerprint density at radius 1 is 1.16 bits per heavy atom. The number of carbonyl (C=O) groups is 2. The number of carbonyl (C=O) groups excluding carboxylic acids is 2. The topological polar surface area (TPSA) is 115 Å². The molecule has 4 N–H and O–H groups in total. The van der Waals surface area contributed by atoms with Gasteiger partial charge in [-0.1, -0.05) is 47.2 Å². The maximum absolute atomic E-state index is 12.6. The van der Waals surface area contributed by atoms with Gasteiger partial charge in [-0.2, -0.15) is 0 Å². The zero-order chi connectivity index (χ0) is 26.8. The number of rotatable bonds is 4. The van der Waals surface area contributed by atoms with Gasteiger partial charge in [-0.05, 0) is 42.0 Å². The smallest absolute Gasteiger partial charge is 0.253 e. The number of nitrogens with zero attached hydrogens (tertiary/aromatic N) is 3. The van der Waals surface area contributed by atoms with Crippen LogP contribution < -0.4 is 16.4 Å². The molecule has 0 radical (unpaired) electrons. The molecule has 0 spiro atoms. The van der Waals surface area contributed by atoms with Crippen LogP contribution in [-0.4, -0.2) is 32.9 Å². The molecule has 2 aromatic heterocycles. The van der Waals surface area contributed by atoms with Crippen molar-refractivity contribution in [3.05, 3.63) is 92.7 Å². The van der Waals surface area contributed by atoms with E-state index in [4.69, 9.17) is 28.9 Å². The average molecular weight is 545 g/mol. The van der Waals surface area contributed by atoms with E-state index in [1.54, 1.807) is 24.4 Å². The maximum atomic E-state index is 12.6. The fourth-order valence-electron chi connectivity index (χ4n) is 4.30. The Morgan fingerprint density at radius 3 is 2.79 bits per heavy atom. The van der Waals surface area contributed by atoms with Crippen LogP contribution in [0.2, 0.25) is 10.0 Å². The summed E-state index contributed by atoms with van der Waals surface area (Å²) in [4.78, 5) is 33.4. The summed E-state index contributed by atoms with van der Waals surface area (Å²) >= 11 is 12.0. The summed E-state index contributed by atoms with van der Waals surface area (Å²) in [6.45, 7) is 0.587. The highest BCUT2D eigenvalue weighted by atomic mass is 35.5. The first-order valence-corrected chi connectivity index (χ1v) is 12.5. The first kappa shape index (κ1) is 25.3. The van der Waals surface area contributed by atoms with Gasteiger partial charge in [-0.15, -0.1) is 0 Å². The van der Waals surface area contributed by atoms with E-state index in [-0.39, 0.29) is 24.2 Å². The van der Waals surface area contributed by atoms with Gasteiger partial charge in [0.1, 0.15) is 5.69 Å². The van der Waals surface area contributed by atoms with Crippen LogP contribution >= 0.6 is 23.2 Å². The zero-order valence-corrected chi connectivity index (χ0v) is 21.8. The second kappa shape index (κ2) is 10.6. The number of nitrogen functional groups attached to an aromatic ring is 1. The number of halogens is 2. The third kappa shape index (κ3) is 5.35. The fraction of sp³-hybridized carbons (Fsp3) is 0.143. The number of nitrogens with one attached hydrogen (secondary N) is 2. The highest BCUT2D eigenvalue weighted by molar-refractivity contribution is 6.42. The second-order valence-electron chi connectivity index (χ2n) is 8.75. The normalized spacial score (nSPS) is 12.2. The third-order valence-corrected chi connectivity index (χ3v) is 6.88. The predicted molar refractivity (Wildman–Crippen MR) is 148 cm³/mol. The van der Waals surface area contributed by atoms with Crippen LogP contribution in [0.15, 0.2) is 54.7 Å². The standard InChI is InChI=1S/C28H22Cl2N6O2/c1-36-23-9-10-32-27(38)20(23)14-24(36)26-18(15-33-28(31)35-26)6-5-16-3-2-4-17(11-16)12-25(37)34-19-7-8-21(29)22(30)13-19/h2-4,7-8,11,13-15H,9-10,12H2,1H3,(H,32,38)(H,34,37)(H2,31,33,35). The molecule has 0 atom stereocenters. The van der Waals surface area contributed by atoms with Crippen molar-refractivity contribution in [2.24, 2.45) is 7.05 Å². The Balaban J connectivity index is 1.39. The van der Waals surface area contributed by atoms with Crippen LogP contribution in [0.4, 0.5) is 11.6 Å². The van der Waals surface area contributed by atoms with E-state index in [1.165, 1.54) is 0 Å². The molecule has 8 nitrogen and oxygen atoms in total. The van der Waals surface area contributed by atoms with Gasteiger partial charge in [-0.25, -0.2) is 9.97 Å². The number of nitrogens with two attached hydrogens (primary N) is 1. The molecule has 0 aliphatic carbocycles. The maximum Gasteiger partial charge on any atom is 0.253 e. The Morgan fingerprint density at radius 2 is 2.00 bits per heavy atom. The molecule has 0 bridgehead atoms. The number of fused-ring (bicyclic) bond motifs is 1. The van der Waals surface area contributed by atoms with Crippen LogP contribution in [0, 0.1) is 11.8 Å². The van der Waals surface area contributed by atoms with Gasteiger partial charge < -0.3 is 20.9 Å². The Labute approximate surface area is 229 Å². The van der Waals surface area contributed by atoms with Crippen molar-refractivity contribution in [3.63, 3.8) is 0 Å². The van der Waals surface area contributed by atoms with E-state index in [9.17, 15) is 9.59 Å². The molecule has 4 aromatic rings. The van der Waals surface area contributed by atoms with E-state index >= 15 is 0 Å². The van der Waals surface area contributed by atoms with Gasteiger partial charge in [0.15, 0.2) is 0 Å². The highest BCUT2D eigenvalue weighted by Gasteiger charge is 2.24. The SMILES string of the molecule is Cn1c(-c2nc(N)ncc2C#Cc2cccc(CC(=O)Nc3ccc(Cl)c(Cl)c3)c2)cc2c1CCNC2=O. The van der Waals surface area contributed by atoms with Crippen molar-refractivity contribution in [1.29, 1.82) is 0 Å². The molecule has 3 heterocycles. The van der Waals surface area contributed by atoms with Gasteiger partial charge in [0.2, 0.25) is 11.9 Å². The van der Waals surface area contributed by atoms with Gasteiger partial charge in [0, 0.05) is 43.2 Å². The van der Waals surface area contributed by atoms with Crippen LogP contribution in [-0.2, 0) is 24.7 Å². The van der Waals surface area contributed by atoms with E-state index in [1.807, 2.05) is 41.9 Å². The van der Waals surface area contributed by atoms with Crippen molar-refractivity contribution in [1.82, 2.24) is 19.9 Å². The Kier molecular flexibility index (Phi) is 7.05. The first-order valence-electron chi connectivity index (χ1n) is 11.7. The number of hydrogen-bond donors (Lipinski definition) is 3. The molecule has 2 amide bonds. The minimum atomic E-state index is -0.195. The Hall–Kier alpha value is -4.32. The lowest BCUT2D eigenvalue weighted by molar-refractivity contribution is -0.115. The first-order chi connectivity index (χ1) is 18.3. The Bertz CT molecular complexity index is 1650. The lowest BCUT2D eigenvalue weighted by atomic mass is 10.1. The lowest BCUT2D eigenvalue weighted by Crippen LogP contribution is -2.31. The van der Waals surface area contributed by atoms with Gasteiger partial charge in [-0.3, -0.25) is 9.59 Å². The third-order valence-electron chi connectivity index (χ3n) is 6.14. The highest BCUT2D eigenvalue weighted by Crippen LogP contribution is 2.28. The summed E-state index contributed by atoms with van der Waals surface area (Å²) in [6, 6.07) is 14.1. The molecule has 2 aromatic carbocycles. The van der Waals surface area contributed by atoms with Gasteiger partial charge >= 0.3 is 0 Å². The molecule has 1 aliphatic heterocycles. The van der Waals surface area contributed by atoms with Crippen LogP contribution in [0.3, 0.4) is 0 Å². The molecule has 0 fully saturated rings. The molecule has 10 heteroatoms. The minimum absolute atomic E-state index is 0.109. The van der Waals surface area contributed by atoms with Crippen LogP contribution in [0.5, 0.6) is 0 Å². The number of aromatic nitrogens is 3. The monoisotopic (exact) mass is 544 g/mol. The lowest BCUT2D eigenvalue weighted by Gasteiger charge is -2.14. The minimum Gasteiger partial charge on any atom is -0.368 e. The number of amides is 2. The zero-order valence-electron chi connectivity index (χ0n) is 20.3. The van der Waals surface area contributed by atoms with Gasteiger partial charge in [0.25, 0.3) is 5.91 Å². The summed E-state index contributed by atoms with van der Waals surface area (Å²) in [7, 11) is 1.90. The van der Waals surface area contributed by atoms with Gasteiger partial charge in [0.05, 0.1) is 33.3 Å². The number of benzene rings is 2. The summed E-state index contributed by atoms with van der Waals surface area (Å²) in [5.74, 6) is 6.08. The summed E-state index contributed by atoms with van der Waals surface area (Å²) in [6.07, 6.45) is 2.46.